The molecule has 236 valence electrons. The lowest BCUT2D eigenvalue weighted by Crippen LogP contribution is -2.61. The number of phenolic OH excluding ortho intramolecular Hbond substituents is 4. The number of phenols is 4. The Hall–Kier alpha value is -3.45. The molecule has 1 unspecified atom stereocenters. The first kappa shape index (κ1) is 31.0. The molecule has 3 aliphatic rings. The number of carbonyl (C=O) groups excluding carboxylic acids is 1. The number of carbonyl (C=O) groups is 1. The fourth-order valence-corrected chi connectivity index (χ4v) is 5.15. The molecule has 0 saturated carbocycles. The molecule has 16 nitrogen and oxygen atoms in total. The number of aliphatic hydroxyl groups excluding tert-OH is 6. The quantitative estimate of drug-likeness (QED) is 0.128. The maximum atomic E-state index is 12.8. The van der Waals surface area contributed by atoms with Crippen molar-refractivity contribution in [3.63, 3.8) is 0 Å². The highest BCUT2D eigenvalue weighted by molar-refractivity contribution is 6.02. The maximum Gasteiger partial charge on any atom is 0.229 e. The van der Waals surface area contributed by atoms with Crippen LogP contribution in [0, 0.1) is 0 Å². The molecule has 0 spiro atoms. The summed E-state index contributed by atoms with van der Waals surface area (Å²) in [7, 11) is 0. The van der Waals surface area contributed by atoms with Crippen molar-refractivity contribution >= 4 is 5.78 Å². The maximum absolute atomic E-state index is 12.8. The summed E-state index contributed by atoms with van der Waals surface area (Å²) in [5.41, 5.74) is -0.316. The topological polar surface area (TPSA) is 266 Å². The van der Waals surface area contributed by atoms with Crippen LogP contribution in [0.5, 0.6) is 34.5 Å². The van der Waals surface area contributed by atoms with Gasteiger partial charge in [-0.05, 0) is 13.0 Å². The largest absolute Gasteiger partial charge is 0.508 e. The number of ether oxygens (including phenoxy) is 5. The highest BCUT2D eigenvalue weighted by atomic mass is 16.7. The van der Waals surface area contributed by atoms with E-state index >= 15 is 0 Å². The number of aromatic hydroxyl groups is 4. The van der Waals surface area contributed by atoms with Gasteiger partial charge in [-0.3, -0.25) is 4.79 Å². The Labute approximate surface area is 243 Å². The number of ketones is 1. The van der Waals surface area contributed by atoms with Crippen molar-refractivity contribution in [3.8, 4) is 34.5 Å². The average molecular weight is 613 g/mol. The fourth-order valence-electron chi connectivity index (χ4n) is 5.15. The predicted molar refractivity (Wildman–Crippen MR) is 137 cm³/mol. The first-order valence-electron chi connectivity index (χ1n) is 13.3. The van der Waals surface area contributed by atoms with Crippen molar-refractivity contribution in [2.24, 2.45) is 0 Å². The van der Waals surface area contributed by atoms with Gasteiger partial charge in [0.15, 0.2) is 23.6 Å². The van der Waals surface area contributed by atoms with Crippen LogP contribution in [0.3, 0.4) is 0 Å². The van der Waals surface area contributed by atoms with Gasteiger partial charge in [0, 0.05) is 23.8 Å². The summed E-state index contributed by atoms with van der Waals surface area (Å²) in [5.74, 6) is -3.25. The van der Waals surface area contributed by atoms with E-state index in [0.717, 1.165) is 24.3 Å². The molecule has 0 aliphatic carbocycles. The monoisotopic (exact) mass is 612 g/mol. The molecule has 0 amide bonds. The third-order valence-electron chi connectivity index (χ3n) is 7.58. The fraction of sp³-hybridized carbons (Fsp3) is 0.519. The summed E-state index contributed by atoms with van der Waals surface area (Å²) in [6.45, 7) is 0.910. The SMILES string of the molecule is C[C@@H]1O[C@@H](OC[C@H]2O[C@@H](Oc3cc(O)c4c(c3)OC(c3cc(O)cc(O)c3O)CC4=O)[C@H](O)[C@@H](O)[C@@H]2O)[C@H](O)[C@H](O)[C@H]1O. The van der Waals surface area contributed by atoms with Crippen LogP contribution in [-0.4, -0.2) is 125 Å². The van der Waals surface area contributed by atoms with Crippen molar-refractivity contribution in [1.82, 2.24) is 0 Å². The molecule has 0 radical (unpaired) electrons. The summed E-state index contributed by atoms with van der Waals surface area (Å²) in [6.07, 6.45) is -16.8. The highest BCUT2D eigenvalue weighted by Gasteiger charge is 2.47. The Kier molecular flexibility index (Phi) is 8.59. The van der Waals surface area contributed by atoms with E-state index < -0.39 is 103 Å². The van der Waals surface area contributed by atoms with E-state index in [4.69, 9.17) is 23.7 Å². The molecule has 3 aliphatic heterocycles. The van der Waals surface area contributed by atoms with Crippen LogP contribution in [0.1, 0.15) is 35.4 Å². The van der Waals surface area contributed by atoms with Gasteiger partial charge in [0.05, 0.1) is 19.1 Å². The molecule has 3 heterocycles. The third kappa shape index (κ3) is 5.88. The van der Waals surface area contributed by atoms with Gasteiger partial charge in [0.1, 0.15) is 77.4 Å². The Bertz CT molecular complexity index is 1350. The lowest BCUT2D eigenvalue weighted by atomic mass is 9.94. The van der Waals surface area contributed by atoms with Crippen LogP contribution in [0.15, 0.2) is 24.3 Å². The Balaban J connectivity index is 1.32. The number of hydrogen-bond donors (Lipinski definition) is 10. The first-order chi connectivity index (χ1) is 20.3. The number of aliphatic hydroxyl groups is 6. The van der Waals surface area contributed by atoms with Gasteiger partial charge in [-0.1, -0.05) is 0 Å². The standard InChI is InChI=1S/C27H32O16/c1-8-19(32)22(35)24(37)26(40-8)39-7-17-21(34)23(36)25(38)27(43-17)41-10-4-12(29)18-13(30)6-15(42-16(18)5-10)11-2-9(28)3-14(31)20(11)33/h2-5,8,15,17,19,21-29,31-38H,6-7H2,1H3/t8-,15?,17+,19-,21+,22+,23-,24+,25+,26+,27+/m0/s1. The van der Waals surface area contributed by atoms with Gasteiger partial charge in [-0.15, -0.1) is 0 Å². The second-order valence-electron chi connectivity index (χ2n) is 10.6. The molecule has 5 rings (SSSR count). The van der Waals surface area contributed by atoms with Gasteiger partial charge >= 0.3 is 0 Å². The molecule has 0 aromatic heterocycles. The second kappa shape index (κ2) is 11.9. The normalized spacial score (nSPS) is 36.1. The van der Waals surface area contributed by atoms with Crippen LogP contribution in [-0.2, 0) is 14.2 Å². The van der Waals surface area contributed by atoms with Crippen molar-refractivity contribution in [2.45, 2.75) is 80.9 Å². The summed E-state index contributed by atoms with van der Waals surface area (Å²) < 4.78 is 27.8. The molecular formula is C27H32O16. The molecule has 43 heavy (non-hydrogen) atoms. The predicted octanol–water partition coefficient (Wildman–Crippen LogP) is -1.75. The average Bonchev–Trinajstić information content (AvgIpc) is 2.95. The summed E-state index contributed by atoms with van der Waals surface area (Å²) in [5, 5.41) is 102. The van der Waals surface area contributed by atoms with Crippen LogP contribution in [0.4, 0.5) is 0 Å². The van der Waals surface area contributed by atoms with Crippen molar-refractivity contribution in [2.75, 3.05) is 6.61 Å². The Morgan fingerprint density at radius 3 is 2.19 bits per heavy atom. The molecule has 2 aromatic rings. The van der Waals surface area contributed by atoms with Gasteiger partial charge in [-0.25, -0.2) is 0 Å². The molecule has 10 N–H and O–H groups in total. The highest BCUT2D eigenvalue weighted by Crippen LogP contribution is 2.46. The minimum absolute atomic E-state index is 0.100. The Morgan fingerprint density at radius 2 is 1.47 bits per heavy atom. The molecule has 16 heteroatoms. The lowest BCUT2D eigenvalue weighted by molar-refractivity contribution is -0.318. The minimum Gasteiger partial charge on any atom is -0.508 e. The number of hydrogen-bond acceptors (Lipinski definition) is 16. The summed E-state index contributed by atoms with van der Waals surface area (Å²) in [6, 6.07) is 4.18. The van der Waals surface area contributed by atoms with Crippen LogP contribution >= 0.6 is 0 Å². The van der Waals surface area contributed by atoms with Crippen molar-refractivity contribution < 1.29 is 79.5 Å². The van der Waals surface area contributed by atoms with Gasteiger partial charge in [-0.2, -0.15) is 0 Å². The smallest absolute Gasteiger partial charge is 0.229 e. The van der Waals surface area contributed by atoms with E-state index in [2.05, 4.69) is 0 Å². The van der Waals surface area contributed by atoms with Crippen LogP contribution in [0.2, 0.25) is 0 Å². The molecule has 2 fully saturated rings. The second-order valence-corrected chi connectivity index (χ2v) is 10.6. The molecular weight excluding hydrogens is 580 g/mol. The van der Waals surface area contributed by atoms with Gasteiger partial charge < -0.3 is 74.7 Å². The number of benzene rings is 2. The molecule has 2 aromatic carbocycles. The van der Waals surface area contributed by atoms with E-state index in [1.165, 1.54) is 6.92 Å². The van der Waals surface area contributed by atoms with E-state index in [9.17, 15) is 55.9 Å². The molecule has 0 bridgehead atoms. The summed E-state index contributed by atoms with van der Waals surface area (Å²) >= 11 is 0. The number of rotatable bonds is 6. The van der Waals surface area contributed by atoms with Gasteiger partial charge in [0.2, 0.25) is 6.29 Å². The van der Waals surface area contributed by atoms with E-state index in [0.29, 0.717) is 0 Å². The number of Topliss-reactive ketones (excluding diaryl/α,β-unsaturated/α-hetero) is 1. The van der Waals surface area contributed by atoms with Crippen molar-refractivity contribution in [3.05, 3.63) is 35.4 Å². The zero-order chi connectivity index (χ0) is 31.3. The summed E-state index contributed by atoms with van der Waals surface area (Å²) in [4.78, 5) is 12.8. The van der Waals surface area contributed by atoms with E-state index in [-0.39, 0.29) is 29.0 Å². The van der Waals surface area contributed by atoms with E-state index in [1.807, 2.05) is 0 Å². The van der Waals surface area contributed by atoms with Crippen LogP contribution < -0.4 is 9.47 Å². The number of fused-ring (bicyclic) bond motifs is 1. The molecule has 2 saturated heterocycles. The third-order valence-corrected chi connectivity index (χ3v) is 7.58. The van der Waals surface area contributed by atoms with Crippen LogP contribution in [0.25, 0.3) is 0 Å². The first-order valence-corrected chi connectivity index (χ1v) is 13.3. The van der Waals surface area contributed by atoms with Gasteiger partial charge in [0.25, 0.3) is 0 Å². The zero-order valence-corrected chi connectivity index (χ0v) is 22.5. The molecule has 11 atom stereocenters. The zero-order valence-electron chi connectivity index (χ0n) is 22.5. The Morgan fingerprint density at radius 1 is 0.791 bits per heavy atom. The lowest BCUT2D eigenvalue weighted by Gasteiger charge is -2.42. The minimum atomic E-state index is -1.82. The van der Waals surface area contributed by atoms with E-state index in [1.54, 1.807) is 0 Å². The van der Waals surface area contributed by atoms with Crippen molar-refractivity contribution in [1.29, 1.82) is 0 Å².